The van der Waals surface area contributed by atoms with Crippen LogP contribution in [0.15, 0.2) is 30.3 Å². The molecule has 0 aromatic heterocycles. The highest BCUT2D eigenvalue weighted by Gasteiger charge is 2.20. The quantitative estimate of drug-likeness (QED) is 0.843. The first-order valence-electron chi connectivity index (χ1n) is 5.90. The molecule has 0 amide bonds. The number of hydrogen-bond donors (Lipinski definition) is 1. The van der Waals surface area contributed by atoms with Gasteiger partial charge in [0.1, 0.15) is 0 Å². The van der Waals surface area contributed by atoms with Gasteiger partial charge in [0.05, 0.1) is 11.5 Å². The van der Waals surface area contributed by atoms with Crippen LogP contribution in [0.4, 0.5) is 0 Å². The van der Waals surface area contributed by atoms with E-state index in [0.717, 1.165) is 5.56 Å². The summed E-state index contributed by atoms with van der Waals surface area (Å²) in [5, 5.41) is 0. The largest absolute Gasteiger partial charge is 0.330 e. The standard InChI is InChI=1S/C13H21NO2S/c1-11(2)9-17(15,16)10-13(8-14)12-6-4-3-5-7-12/h3-7,11,13H,8-10,14H2,1-2H3. The van der Waals surface area contributed by atoms with Gasteiger partial charge in [-0.15, -0.1) is 0 Å². The summed E-state index contributed by atoms with van der Waals surface area (Å²) in [6.07, 6.45) is 0. The van der Waals surface area contributed by atoms with Gasteiger partial charge in [-0.05, 0) is 11.5 Å². The lowest BCUT2D eigenvalue weighted by atomic mass is 10.0. The van der Waals surface area contributed by atoms with Gasteiger partial charge in [0.2, 0.25) is 0 Å². The van der Waals surface area contributed by atoms with Crippen molar-refractivity contribution in [2.45, 2.75) is 19.8 Å². The molecule has 4 heteroatoms. The van der Waals surface area contributed by atoms with E-state index < -0.39 is 9.84 Å². The van der Waals surface area contributed by atoms with E-state index in [0.29, 0.717) is 6.54 Å². The summed E-state index contributed by atoms with van der Waals surface area (Å²) < 4.78 is 23.9. The Morgan fingerprint density at radius 3 is 2.18 bits per heavy atom. The van der Waals surface area contributed by atoms with Gasteiger partial charge < -0.3 is 5.73 Å². The van der Waals surface area contributed by atoms with Crippen molar-refractivity contribution in [2.24, 2.45) is 11.7 Å². The molecular formula is C13H21NO2S. The van der Waals surface area contributed by atoms with E-state index in [4.69, 9.17) is 5.73 Å². The molecule has 96 valence electrons. The molecule has 0 heterocycles. The Morgan fingerprint density at radius 1 is 1.12 bits per heavy atom. The summed E-state index contributed by atoms with van der Waals surface area (Å²) >= 11 is 0. The first kappa shape index (κ1) is 14.2. The molecule has 0 fully saturated rings. The molecule has 0 aliphatic rings. The molecule has 0 bridgehead atoms. The minimum atomic E-state index is -3.02. The minimum absolute atomic E-state index is 0.0973. The number of sulfone groups is 1. The Labute approximate surface area is 104 Å². The zero-order valence-electron chi connectivity index (χ0n) is 10.5. The Bertz CT molecular complexity index is 426. The average Bonchev–Trinajstić information content (AvgIpc) is 2.25. The molecule has 1 aromatic carbocycles. The summed E-state index contributed by atoms with van der Waals surface area (Å²) in [7, 11) is -3.02. The van der Waals surface area contributed by atoms with Gasteiger partial charge in [0.25, 0.3) is 0 Å². The lowest BCUT2D eigenvalue weighted by Crippen LogP contribution is -2.25. The second-order valence-corrected chi connectivity index (χ2v) is 6.97. The minimum Gasteiger partial charge on any atom is -0.330 e. The van der Waals surface area contributed by atoms with Crippen molar-refractivity contribution in [2.75, 3.05) is 18.1 Å². The monoisotopic (exact) mass is 255 g/mol. The molecule has 0 aliphatic carbocycles. The summed E-state index contributed by atoms with van der Waals surface area (Å²) in [5.41, 5.74) is 6.68. The molecular weight excluding hydrogens is 234 g/mol. The molecule has 1 atom stereocenters. The SMILES string of the molecule is CC(C)CS(=O)(=O)CC(CN)c1ccccc1. The highest BCUT2D eigenvalue weighted by atomic mass is 32.2. The Morgan fingerprint density at radius 2 is 1.71 bits per heavy atom. The average molecular weight is 255 g/mol. The zero-order chi connectivity index (χ0) is 12.9. The van der Waals surface area contributed by atoms with Crippen LogP contribution in [-0.2, 0) is 9.84 Å². The van der Waals surface area contributed by atoms with E-state index >= 15 is 0 Å². The van der Waals surface area contributed by atoms with Crippen molar-refractivity contribution in [1.82, 2.24) is 0 Å². The number of rotatable bonds is 6. The molecule has 2 N–H and O–H groups in total. The second kappa shape index (κ2) is 6.17. The first-order chi connectivity index (χ1) is 7.94. The van der Waals surface area contributed by atoms with Gasteiger partial charge in [-0.1, -0.05) is 44.2 Å². The van der Waals surface area contributed by atoms with Gasteiger partial charge in [-0.2, -0.15) is 0 Å². The summed E-state index contributed by atoms with van der Waals surface area (Å²) in [6, 6.07) is 9.60. The van der Waals surface area contributed by atoms with Crippen molar-refractivity contribution in [3.63, 3.8) is 0 Å². The van der Waals surface area contributed by atoms with Gasteiger partial charge in [0.15, 0.2) is 9.84 Å². The molecule has 0 spiro atoms. The predicted molar refractivity (Wildman–Crippen MR) is 71.7 cm³/mol. The highest BCUT2D eigenvalue weighted by molar-refractivity contribution is 7.91. The number of hydrogen-bond acceptors (Lipinski definition) is 3. The van der Waals surface area contributed by atoms with Gasteiger partial charge >= 0.3 is 0 Å². The van der Waals surface area contributed by atoms with Crippen LogP contribution in [0.5, 0.6) is 0 Å². The van der Waals surface area contributed by atoms with E-state index in [1.165, 1.54) is 0 Å². The fourth-order valence-electron chi connectivity index (χ4n) is 1.91. The fourth-order valence-corrected chi connectivity index (χ4v) is 4.00. The third-order valence-electron chi connectivity index (χ3n) is 2.60. The molecule has 0 aliphatic heterocycles. The lowest BCUT2D eigenvalue weighted by molar-refractivity contribution is 0.574. The fraction of sp³-hybridized carbons (Fsp3) is 0.538. The predicted octanol–water partition coefficient (Wildman–Crippen LogP) is 1.80. The Hall–Kier alpha value is -0.870. The van der Waals surface area contributed by atoms with Crippen LogP contribution in [0.25, 0.3) is 0 Å². The van der Waals surface area contributed by atoms with Crippen LogP contribution in [0.3, 0.4) is 0 Å². The van der Waals surface area contributed by atoms with Crippen molar-refractivity contribution in [3.05, 3.63) is 35.9 Å². The van der Waals surface area contributed by atoms with Crippen molar-refractivity contribution in [1.29, 1.82) is 0 Å². The van der Waals surface area contributed by atoms with Crippen molar-refractivity contribution in [3.8, 4) is 0 Å². The molecule has 0 saturated heterocycles. The van der Waals surface area contributed by atoms with Crippen molar-refractivity contribution >= 4 is 9.84 Å². The molecule has 1 aromatic rings. The van der Waals surface area contributed by atoms with Crippen LogP contribution < -0.4 is 5.73 Å². The van der Waals surface area contributed by atoms with Crippen LogP contribution in [0.2, 0.25) is 0 Å². The Balaban J connectivity index is 2.78. The highest BCUT2D eigenvalue weighted by Crippen LogP contribution is 2.17. The summed E-state index contributed by atoms with van der Waals surface area (Å²) in [4.78, 5) is 0. The third kappa shape index (κ3) is 4.88. The molecule has 1 unspecified atom stereocenters. The maximum atomic E-state index is 11.9. The van der Waals surface area contributed by atoms with E-state index in [9.17, 15) is 8.42 Å². The maximum absolute atomic E-state index is 11.9. The van der Waals surface area contributed by atoms with Crippen molar-refractivity contribution < 1.29 is 8.42 Å². The molecule has 3 nitrogen and oxygen atoms in total. The molecule has 0 radical (unpaired) electrons. The van der Waals surface area contributed by atoms with Gasteiger partial charge in [-0.25, -0.2) is 8.42 Å². The van der Waals surface area contributed by atoms with E-state index in [2.05, 4.69) is 0 Å². The molecule has 17 heavy (non-hydrogen) atoms. The summed E-state index contributed by atoms with van der Waals surface area (Å²) in [6.45, 7) is 4.19. The number of nitrogens with two attached hydrogens (primary N) is 1. The topological polar surface area (TPSA) is 60.2 Å². The molecule has 1 rings (SSSR count). The third-order valence-corrected chi connectivity index (χ3v) is 4.68. The van der Waals surface area contributed by atoms with E-state index in [-0.39, 0.29) is 23.3 Å². The van der Waals surface area contributed by atoms with Gasteiger partial charge in [0, 0.05) is 12.5 Å². The molecule has 0 saturated carbocycles. The Kier molecular flexibility index (Phi) is 5.15. The smallest absolute Gasteiger partial charge is 0.151 e. The van der Waals surface area contributed by atoms with Crippen LogP contribution in [0, 0.1) is 5.92 Å². The van der Waals surface area contributed by atoms with E-state index in [1.807, 2.05) is 44.2 Å². The van der Waals surface area contributed by atoms with E-state index in [1.54, 1.807) is 0 Å². The van der Waals surface area contributed by atoms with Gasteiger partial charge in [-0.3, -0.25) is 0 Å². The normalized spacial score (nSPS) is 13.9. The first-order valence-corrected chi connectivity index (χ1v) is 7.72. The lowest BCUT2D eigenvalue weighted by Gasteiger charge is -2.16. The second-order valence-electron chi connectivity index (χ2n) is 4.81. The number of benzene rings is 1. The van der Waals surface area contributed by atoms with Crippen LogP contribution in [-0.4, -0.2) is 26.5 Å². The summed E-state index contributed by atoms with van der Waals surface area (Å²) in [5.74, 6) is 0.441. The van der Waals surface area contributed by atoms with Crippen LogP contribution in [0.1, 0.15) is 25.3 Å². The zero-order valence-corrected chi connectivity index (χ0v) is 11.3. The maximum Gasteiger partial charge on any atom is 0.151 e. The van der Waals surface area contributed by atoms with Crippen LogP contribution >= 0.6 is 0 Å².